The van der Waals surface area contributed by atoms with E-state index in [1.165, 1.54) is 0 Å². The third-order valence-electron chi connectivity index (χ3n) is 0. The first-order valence-corrected chi connectivity index (χ1v) is 2.54. The van der Waals surface area contributed by atoms with Crippen molar-refractivity contribution in [3.05, 3.63) is 0 Å². The van der Waals surface area contributed by atoms with E-state index < -0.39 is 10.4 Å². The van der Waals surface area contributed by atoms with Gasteiger partial charge in [-0.3, -0.25) is 9.11 Å². The molecular weight excluding hydrogens is 147 g/mol. The van der Waals surface area contributed by atoms with Gasteiger partial charge in [-0.25, -0.2) is 0 Å². The molecule has 0 aliphatic heterocycles. The Labute approximate surface area is 71.1 Å². The molecule has 0 atom stereocenters. The van der Waals surface area contributed by atoms with Gasteiger partial charge in [-0.1, -0.05) is 0 Å². The van der Waals surface area contributed by atoms with E-state index in [4.69, 9.17) is 22.6 Å². The van der Waals surface area contributed by atoms with Gasteiger partial charge in [-0.15, -0.1) is 0 Å². The Kier molecular flexibility index (Phi) is 15.6. The first kappa shape index (κ1) is 15.9. The zero-order chi connectivity index (χ0) is 6.50. The molecule has 0 aromatic heterocycles. The summed E-state index contributed by atoms with van der Waals surface area (Å²) in [7, 11) is -3.67. The van der Waals surface area contributed by atoms with Gasteiger partial charge in [-0.2, -0.15) is 8.42 Å². The molecule has 0 radical (unpaired) electrons. The maximum Gasteiger partial charge on any atom is 1.00 e. The molecule has 0 heterocycles. The molecule has 7 heteroatoms. The fourth-order valence-electron chi connectivity index (χ4n) is 0. The summed E-state index contributed by atoms with van der Waals surface area (Å²) in [5.41, 5.74) is 0. The predicted octanol–water partition coefficient (Wildman–Crippen LogP) is -3.93. The van der Waals surface area contributed by atoms with Gasteiger partial charge in [0.25, 0.3) is 0 Å². The van der Waals surface area contributed by atoms with Crippen molar-refractivity contribution in [1.82, 2.24) is 0 Å². The van der Waals surface area contributed by atoms with Crippen LogP contribution >= 0.6 is 0 Å². The van der Waals surface area contributed by atoms with Crippen molar-refractivity contribution in [2.45, 2.75) is 0 Å². The van der Waals surface area contributed by atoms with Gasteiger partial charge in [0, 0.05) is 7.11 Å². The van der Waals surface area contributed by atoms with Crippen molar-refractivity contribution < 1.29 is 53.6 Å². The molecule has 5 nitrogen and oxygen atoms in total. The van der Waals surface area contributed by atoms with Gasteiger partial charge in [0.1, 0.15) is 0 Å². The van der Waals surface area contributed by atoms with Crippen LogP contribution in [-0.4, -0.2) is 29.7 Å². The third-order valence-corrected chi connectivity index (χ3v) is 0. The molecule has 0 unspecified atom stereocenters. The maximum absolute atomic E-state index is 8.74. The number of aliphatic hydroxyl groups excluding tert-OH is 1. The van der Waals surface area contributed by atoms with Crippen molar-refractivity contribution in [3.63, 3.8) is 0 Å². The van der Waals surface area contributed by atoms with Crippen LogP contribution in [0.3, 0.4) is 0 Å². The molecule has 0 spiro atoms. The van der Waals surface area contributed by atoms with Gasteiger partial charge in [0.2, 0.25) is 0 Å². The Bertz CT molecular complexity index is 100. The van der Waals surface area contributed by atoms with Crippen LogP contribution < -0.4 is 29.6 Å². The Balaban J connectivity index is -0.0000000286. The summed E-state index contributed by atoms with van der Waals surface area (Å²) in [5, 5.41) is 7.00. The number of rotatable bonds is 0. The minimum Gasteiger partial charge on any atom is -1.00 e. The van der Waals surface area contributed by atoms with E-state index in [1.807, 2.05) is 0 Å². The van der Waals surface area contributed by atoms with E-state index in [0.29, 0.717) is 0 Å². The summed E-state index contributed by atoms with van der Waals surface area (Å²) in [6.07, 6.45) is 0. The van der Waals surface area contributed by atoms with Crippen LogP contribution in [0.5, 0.6) is 0 Å². The minimum absolute atomic E-state index is 0. The van der Waals surface area contributed by atoms with E-state index in [1.54, 1.807) is 0 Å². The van der Waals surface area contributed by atoms with Crippen LogP contribution in [0, 0.1) is 0 Å². The van der Waals surface area contributed by atoms with Gasteiger partial charge in [-0.05, 0) is 0 Å². The molecule has 0 aliphatic rings. The minimum atomic E-state index is -4.67. The van der Waals surface area contributed by atoms with Crippen molar-refractivity contribution in [1.29, 1.82) is 0 Å². The van der Waals surface area contributed by atoms with Crippen LogP contribution in [0.4, 0.5) is 0 Å². The average Bonchev–Trinajstić information content (AvgIpc) is 1.36. The molecule has 0 aromatic rings. The van der Waals surface area contributed by atoms with E-state index in [2.05, 4.69) is 0 Å². The largest absolute Gasteiger partial charge is 1.00 e. The van der Waals surface area contributed by atoms with Crippen LogP contribution in [0.15, 0.2) is 0 Å². The summed E-state index contributed by atoms with van der Waals surface area (Å²) in [4.78, 5) is 0. The molecule has 0 aliphatic carbocycles. The monoisotopic (exact) mass is 154 g/mol. The van der Waals surface area contributed by atoms with Gasteiger partial charge in [0.15, 0.2) is 0 Å². The smallest absolute Gasteiger partial charge is 1.00 e. The summed E-state index contributed by atoms with van der Waals surface area (Å²) < 4.78 is 31.6. The Morgan fingerprint density at radius 1 is 1.25 bits per heavy atom. The molecule has 48 valence electrons. The summed E-state index contributed by atoms with van der Waals surface area (Å²) in [6, 6.07) is 0. The van der Waals surface area contributed by atoms with Gasteiger partial charge >= 0.3 is 40.0 Å². The van der Waals surface area contributed by atoms with E-state index in [0.717, 1.165) is 7.11 Å². The van der Waals surface area contributed by atoms with Crippen molar-refractivity contribution >= 4 is 10.4 Å². The van der Waals surface area contributed by atoms with E-state index in [-0.39, 0.29) is 31.0 Å². The Morgan fingerprint density at radius 2 is 1.25 bits per heavy atom. The molecular formula is CH7NaO5S. The fourth-order valence-corrected chi connectivity index (χ4v) is 0. The molecule has 3 N–H and O–H groups in total. The normalized spacial score (nSPS) is 8.00. The maximum atomic E-state index is 8.74. The number of aliphatic hydroxyl groups is 1. The Hall–Kier alpha value is 0.830. The fraction of sp³-hybridized carbons (Fsp3) is 1.00. The summed E-state index contributed by atoms with van der Waals surface area (Å²) >= 11 is 0. The molecule has 0 aromatic carbocycles. The second-order valence-corrected chi connectivity index (χ2v) is 1.34. The second-order valence-electron chi connectivity index (χ2n) is 0.448. The topological polar surface area (TPSA) is 94.8 Å². The quantitative estimate of drug-likeness (QED) is 0.245. The van der Waals surface area contributed by atoms with Crippen LogP contribution in [0.25, 0.3) is 0 Å². The van der Waals surface area contributed by atoms with Gasteiger partial charge in [0.05, 0.1) is 0 Å². The molecule has 0 saturated carbocycles. The van der Waals surface area contributed by atoms with E-state index in [9.17, 15) is 0 Å². The van der Waals surface area contributed by atoms with Crippen molar-refractivity contribution in [2.24, 2.45) is 0 Å². The first-order valence-electron chi connectivity index (χ1n) is 1.15. The van der Waals surface area contributed by atoms with E-state index >= 15 is 0 Å². The molecule has 0 amide bonds. The zero-order valence-corrected chi connectivity index (χ0v) is 7.38. The van der Waals surface area contributed by atoms with Crippen molar-refractivity contribution in [3.8, 4) is 0 Å². The van der Waals surface area contributed by atoms with Crippen LogP contribution in [0.2, 0.25) is 0 Å². The zero-order valence-electron chi connectivity index (χ0n) is 5.57. The van der Waals surface area contributed by atoms with Gasteiger partial charge < -0.3 is 6.53 Å². The van der Waals surface area contributed by atoms with Crippen LogP contribution in [0.1, 0.15) is 1.43 Å². The molecule has 8 heavy (non-hydrogen) atoms. The number of hydrogen-bond acceptors (Lipinski definition) is 3. The molecule has 0 fully saturated rings. The van der Waals surface area contributed by atoms with Crippen LogP contribution in [-0.2, 0) is 10.4 Å². The SMILES string of the molecule is CO.O=S(=O)(O)O.[H-].[Na+]. The first-order chi connectivity index (χ1) is 3.00. The molecule has 0 rings (SSSR count). The predicted molar refractivity (Wildman–Crippen MR) is 23.4 cm³/mol. The third kappa shape index (κ3) is 337. The number of hydrogen-bond donors (Lipinski definition) is 3. The second kappa shape index (κ2) is 7.83. The molecule has 0 saturated heterocycles. The standard InChI is InChI=1S/CH4O.Na.H2O4S.H/c1-2;;1-5(2,3)4;/h2H,1H3;;(H2,1,2,3,4);/q;+1;;-1. The summed E-state index contributed by atoms with van der Waals surface area (Å²) in [5.74, 6) is 0. The average molecular weight is 154 g/mol. The van der Waals surface area contributed by atoms with Crippen molar-refractivity contribution in [2.75, 3.05) is 7.11 Å². The summed E-state index contributed by atoms with van der Waals surface area (Å²) in [6.45, 7) is 0. The molecule has 0 bridgehead atoms. The Morgan fingerprint density at radius 3 is 1.25 bits per heavy atom.